The van der Waals surface area contributed by atoms with Crippen LogP contribution in [0.3, 0.4) is 0 Å². The summed E-state index contributed by atoms with van der Waals surface area (Å²) in [5.74, 6) is -1.01. The maximum atomic E-state index is 12.3. The van der Waals surface area contributed by atoms with Gasteiger partial charge in [0.25, 0.3) is 0 Å². The third-order valence-electron chi connectivity index (χ3n) is 4.34. The number of aliphatic carboxylic acids is 1. The fraction of sp³-hybridized carbons (Fsp3) is 0.857. The molecule has 7 heteroatoms. The van der Waals surface area contributed by atoms with Crippen molar-refractivity contribution in [3.63, 3.8) is 0 Å². The Morgan fingerprint density at radius 3 is 2.86 bits per heavy atom. The number of piperidine rings is 1. The number of methoxy groups -OCH3 is 1. The topological polar surface area (TPSA) is 82.1 Å². The van der Waals surface area contributed by atoms with Gasteiger partial charge in [-0.2, -0.15) is 0 Å². The van der Waals surface area contributed by atoms with Gasteiger partial charge in [-0.15, -0.1) is 0 Å². The smallest absolute Gasteiger partial charge is 0.323 e. The average Bonchev–Trinajstić information content (AvgIpc) is 2.86. The lowest BCUT2D eigenvalue weighted by Gasteiger charge is -2.33. The molecule has 0 aromatic carbocycles. The molecule has 7 nitrogen and oxygen atoms in total. The van der Waals surface area contributed by atoms with E-state index in [-0.39, 0.29) is 25.2 Å². The lowest BCUT2D eigenvalue weighted by atomic mass is 9.99. The van der Waals surface area contributed by atoms with Gasteiger partial charge < -0.3 is 20.1 Å². The van der Waals surface area contributed by atoms with Crippen molar-refractivity contribution in [2.75, 3.05) is 39.9 Å². The van der Waals surface area contributed by atoms with Gasteiger partial charge in [-0.25, -0.2) is 4.79 Å². The van der Waals surface area contributed by atoms with Crippen LogP contribution in [-0.4, -0.2) is 78.9 Å². The predicted octanol–water partition coefficient (Wildman–Crippen LogP) is 0.356. The summed E-state index contributed by atoms with van der Waals surface area (Å²) in [6, 6.07) is 0.250. The molecular weight excluding hydrogens is 274 g/mol. The van der Waals surface area contributed by atoms with Crippen LogP contribution in [0, 0.1) is 0 Å². The van der Waals surface area contributed by atoms with Crippen molar-refractivity contribution in [1.29, 1.82) is 0 Å². The van der Waals surface area contributed by atoms with Crippen LogP contribution in [0.4, 0.5) is 4.79 Å². The molecule has 120 valence electrons. The van der Waals surface area contributed by atoms with Crippen molar-refractivity contribution in [2.24, 2.45) is 0 Å². The number of carbonyl (C=O) groups is 2. The summed E-state index contributed by atoms with van der Waals surface area (Å²) in [5.41, 5.74) is 0. The van der Waals surface area contributed by atoms with E-state index in [1.165, 1.54) is 24.9 Å². The molecule has 2 heterocycles. The third kappa shape index (κ3) is 4.31. The van der Waals surface area contributed by atoms with E-state index in [0.29, 0.717) is 12.6 Å². The Hall–Kier alpha value is -1.34. The van der Waals surface area contributed by atoms with Crippen LogP contribution in [-0.2, 0) is 9.53 Å². The number of carboxylic acids is 1. The largest absolute Gasteiger partial charge is 0.480 e. The van der Waals surface area contributed by atoms with Gasteiger partial charge in [-0.3, -0.25) is 9.69 Å². The molecule has 0 spiro atoms. The van der Waals surface area contributed by atoms with Crippen LogP contribution in [0.1, 0.15) is 25.7 Å². The number of ether oxygens (including phenoxy) is 1. The second kappa shape index (κ2) is 7.61. The summed E-state index contributed by atoms with van der Waals surface area (Å²) in [6.07, 6.45) is 4.50. The summed E-state index contributed by atoms with van der Waals surface area (Å²) in [4.78, 5) is 26.9. The fourth-order valence-corrected chi connectivity index (χ4v) is 3.28. The molecule has 2 unspecified atom stereocenters. The quantitative estimate of drug-likeness (QED) is 0.740. The van der Waals surface area contributed by atoms with Crippen LogP contribution in [0.25, 0.3) is 0 Å². The van der Waals surface area contributed by atoms with Crippen LogP contribution < -0.4 is 5.32 Å². The molecule has 2 rings (SSSR count). The van der Waals surface area contributed by atoms with Crippen molar-refractivity contribution >= 4 is 12.0 Å². The highest BCUT2D eigenvalue weighted by atomic mass is 16.5. The minimum absolute atomic E-state index is 0.136. The first-order valence-corrected chi connectivity index (χ1v) is 7.62. The number of carbonyl (C=O) groups excluding carboxylic acids is 1. The van der Waals surface area contributed by atoms with Gasteiger partial charge in [0.2, 0.25) is 0 Å². The molecule has 2 fully saturated rings. The Labute approximate surface area is 125 Å². The highest BCUT2D eigenvalue weighted by Crippen LogP contribution is 2.27. The molecule has 2 saturated heterocycles. The van der Waals surface area contributed by atoms with E-state index in [0.717, 1.165) is 25.9 Å². The molecule has 0 bridgehead atoms. The van der Waals surface area contributed by atoms with E-state index in [1.54, 1.807) is 0 Å². The lowest BCUT2D eigenvalue weighted by molar-refractivity contribution is -0.137. The Morgan fingerprint density at radius 2 is 2.14 bits per heavy atom. The molecular formula is C14H25N3O4. The molecule has 2 atom stereocenters. The van der Waals surface area contributed by atoms with Crippen LogP contribution in [0.2, 0.25) is 0 Å². The molecule has 0 aromatic rings. The van der Waals surface area contributed by atoms with E-state index in [9.17, 15) is 9.59 Å². The maximum absolute atomic E-state index is 12.3. The summed E-state index contributed by atoms with van der Waals surface area (Å²) in [7, 11) is 1.54. The second-order valence-electron chi connectivity index (χ2n) is 5.75. The Kier molecular flexibility index (Phi) is 5.81. The first-order chi connectivity index (χ1) is 10.1. The van der Waals surface area contributed by atoms with E-state index < -0.39 is 5.97 Å². The monoisotopic (exact) mass is 299 g/mol. The Balaban J connectivity index is 1.89. The van der Waals surface area contributed by atoms with Crippen molar-refractivity contribution in [3.8, 4) is 0 Å². The zero-order valence-corrected chi connectivity index (χ0v) is 12.6. The van der Waals surface area contributed by atoms with Gasteiger partial charge in [-0.05, 0) is 25.8 Å². The maximum Gasteiger partial charge on any atom is 0.323 e. The zero-order chi connectivity index (χ0) is 15.2. The molecule has 2 aliphatic rings. The number of carboxylic acid groups (broad SMARTS) is 1. The minimum Gasteiger partial charge on any atom is -0.480 e. The predicted molar refractivity (Wildman–Crippen MR) is 77.2 cm³/mol. The number of nitrogens with one attached hydrogen (secondary N) is 1. The van der Waals surface area contributed by atoms with E-state index in [4.69, 9.17) is 9.84 Å². The molecule has 2 amide bonds. The fourth-order valence-electron chi connectivity index (χ4n) is 3.28. The lowest BCUT2D eigenvalue weighted by Crippen LogP contribution is -2.52. The standard InChI is InChI=1S/C14H25N3O4/c1-21-9-8-17(10-13(18)19)14(20)15-11-5-7-16-6-3-2-4-12(11)16/h11-12H,2-10H2,1H3,(H,15,20)(H,18,19). The van der Waals surface area contributed by atoms with Gasteiger partial charge in [0.1, 0.15) is 6.54 Å². The van der Waals surface area contributed by atoms with E-state index in [2.05, 4.69) is 10.2 Å². The number of amides is 2. The summed E-state index contributed by atoms with van der Waals surface area (Å²) in [6.45, 7) is 2.46. The molecule has 0 saturated carbocycles. The van der Waals surface area contributed by atoms with Crippen LogP contribution in [0.15, 0.2) is 0 Å². The van der Waals surface area contributed by atoms with Crippen LogP contribution in [0.5, 0.6) is 0 Å². The summed E-state index contributed by atoms with van der Waals surface area (Å²) >= 11 is 0. The number of hydrogen-bond donors (Lipinski definition) is 2. The molecule has 0 aliphatic carbocycles. The van der Waals surface area contributed by atoms with Gasteiger partial charge in [-0.1, -0.05) is 6.42 Å². The first kappa shape index (κ1) is 16.0. The van der Waals surface area contributed by atoms with Gasteiger partial charge in [0.05, 0.1) is 6.61 Å². The van der Waals surface area contributed by atoms with Crippen molar-refractivity contribution in [3.05, 3.63) is 0 Å². The highest BCUT2D eigenvalue weighted by Gasteiger charge is 2.36. The Bertz CT molecular complexity index is 377. The highest BCUT2D eigenvalue weighted by molar-refractivity contribution is 5.80. The van der Waals surface area contributed by atoms with Crippen molar-refractivity contribution < 1.29 is 19.4 Å². The number of nitrogens with zero attached hydrogens (tertiary/aromatic N) is 2. The van der Waals surface area contributed by atoms with Gasteiger partial charge >= 0.3 is 12.0 Å². The number of fused-ring (bicyclic) bond motifs is 1. The first-order valence-electron chi connectivity index (χ1n) is 7.62. The number of urea groups is 1. The molecule has 2 N–H and O–H groups in total. The zero-order valence-electron chi connectivity index (χ0n) is 12.6. The number of rotatable bonds is 6. The molecule has 21 heavy (non-hydrogen) atoms. The third-order valence-corrected chi connectivity index (χ3v) is 4.34. The van der Waals surface area contributed by atoms with E-state index >= 15 is 0 Å². The minimum atomic E-state index is -1.01. The summed E-state index contributed by atoms with van der Waals surface area (Å²) < 4.78 is 4.94. The van der Waals surface area contributed by atoms with Crippen molar-refractivity contribution in [1.82, 2.24) is 15.1 Å². The average molecular weight is 299 g/mol. The molecule has 2 aliphatic heterocycles. The van der Waals surface area contributed by atoms with Crippen LogP contribution >= 0.6 is 0 Å². The van der Waals surface area contributed by atoms with Crippen molar-refractivity contribution in [2.45, 2.75) is 37.8 Å². The normalized spacial score (nSPS) is 25.4. The number of hydrogen-bond acceptors (Lipinski definition) is 4. The summed E-state index contributed by atoms with van der Waals surface area (Å²) in [5, 5.41) is 11.9. The second-order valence-corrected chi connectivity index (χ2v) is 5.75. The molecule has 0 radical (unpaired) electrons. The SMILES string of the molecule is COCCN(CC(=O)O)C(=O)NC1CCN2CCCCC12. The van der Waals surface area contributed by atoms with Gasteiger partial charge in [0, 0.05) is 32.3 Å². The molecule has 0 aromatic heterocycles. The Morgan fingerprint density at radius 1 is 1.33 bits per heavy atom. The van der Waals surface area contributed by atoms with Gasteiger partial charge in [0.15, 0.2) is 0 Å². The van der Waals surface area contributed by atoms with E-state index in [1.807, 2.05) is 0 Å².